The van der Waals surface area contributed by atoms with Crippen LogP contribution in [0.15, 0.2) is 42.7 Å². The van der Waals surface area contributed by atoms with Gasteiger partial charge in [0.25, 0.3) is 5.91 Å². The summed E-state index contributed by atoms with van der Waals surface area (Å²) in [6.45, 7) is 2.31. The molecule has 6 rings (SSSR count). The van der Waals surface area contributed by atoms with E-state index in [1.54, 1.807) is 6.20 Å². The minimum absolute atomic E-state index is 0.0898. The highest BCUT2D eigenvalue weighted by Gasteiger charge is 2.53. The molecule has 3 unspecified atom stereocenters. The highest BCUT2D eigenvalue weighted by atomic mass is 32.2. The van der Waals surface area contributed by atoms with Crippen LogP contribution in [-0.4, -0.2) is 45.8 Å². The zero-order valence-electron chi connectivity index (χ0n) is 19.2. The van der Waals surface area contributed by atoms with E-state index in [9.17, 15) is 13.2 Å². The summed E-state index contributed by atoms with van der Waals surface area (Å²) < 4.78 is 25.9. The van der Waals surface area contributed by atoms with Crippen LogP contribution in [0.2, 0.25) is 0 Å². The lowest BCUT2D eigenvalue weighted by molar-refractivity contribution is 0.102. The van der Waals surface area contributed by atoms with Gasteiger partial charge in [0.15, 0.2) is 5.69 Å². The lowest BCUT2D eigenvalue weighted by Gasteiger charge is -2.30. The Morgan fingerprint density at radius 3 is 2.76 bits per heavy atom. The summed E-state index contributed by atoms with van der Waals surface area (Å²) >= 11 is 0. The molecule has 1 aromatic carbocycles. The number of anilines is 1. The van der Waals surface area contributed by atoms with Crippen LogP contribution < -0.4 is 5.32 Å². The van der Waals surface area contributed by atoms with Crippen LogP contribution in [0.5, 0.6) is 0 Å². The van der Waals surface area contributed by atoms with Gasteiger partial charge in [0.05, 0.1) is 29.4 Å². The van der Waals surface area contributed by atoms with Crippen molar-refractivity contribution in [1.82, 2.24) is 20.0 Å². The highest BCUT2D eigenvalue weighted by molar-refractivity contribution is 7.91. The van der Waals surface area contributed by atoms with Crippen LogP contribution >= 0.6 is 0 Å². The Kier molecular flexibility index (Phi) is 4.95. The van der Waals surface area contributed by atoms with Crippen molar-refractivity contribution < 1.29 is 13.2 Å². The van der Waals surface area contributed by atoms with Gasteiger partial charge in [0.1, 0.15) is 9.84 Å². The zero-order valence-corrected chi connectivity index (χ0v) is 20.0. The monoisotopic (exact) mass is 479 g/mol. The van der Waals surface area contributed by atoms with Gasteiger partial charge in [-0.25, -0.2) is 8.42 Å². The third-order valence-corrected chi connectivity index (χ3v) is 9.78. The summed E-state index contributed by atoms with van der Waals surface area (Å²) in [6, 6.07) is 9.95. The maximum Gasteiger partial charge on any atom is 0.276 e. The summed E-state index contributed by atoms with van der Waals surface area (Å²) in [5, 5.41) is 15.0. The highest BCUT2D eigenvalue weighted by Crippen LogP contribution is 2.59. The third kappa shape index (κ3) is 3.85. The first-order valence-corrected chi connectivity index (χ1v) is 13.8. The minimum Gasteiger partial charge on any atom is -0.318 e. The number of carbonyl (C=O) groups is 1. The van der Waals surface area contributed by atoms with E-state index in [0.717, 1.165) is 29.7 Å². The van der Waals surface area contributed by atoms with Crippen molar-refractivity contribution in [2.75, 3.05) is 16.8 Å². The zero-order chi connectivity index (χ0) is 23.5. The molecule has 2 N–H and O–H groups in total. The summed E-state index contributed by atoms with van der Waals surface area (Å²) in [4.78, 5) is 13.1. The molecule has 0 spiro atoms. The minimum atomic E-state index is -2.96. The number of hydrogen-bond donors (Lipinski definition) is 2. The molecule has 1 amide bonds. The second-order valence-corrected chi connectivity index (χ2v) is 12.8. The predicted molar refractivity (Wildman–Crippen MR) is 128 cm³/mol. The Morgan fingerprint density at radius 1 is 1.24 bits per heavy atom. The Hall–Kier alpha value is -2.94. The predicted octanol–water partition coefficient (Wildman–Crippen LogP) is 3.40. The van der Waals surface area contributed by atoms with Gasteiger partial charge in [-0.15, -0.1) is 0 Å². The van der Waals surface area contributed by atoms with Gasteiger partial charge in [-0.3, -0.25) is 14.6 Å². The fraction of sp³-hybridized carbons (Fsp3) is 0.480. The largest absolute Gasteiger partial charge is 0.318 e. The molecule has 1 aliphatic heterocycles. The fourth-order valence-electron chi connectivity index (χ4n) is 5.90. The standard InChI is InChI=1S/C25H29N5O3S/c1-25-12-18(25)11-20-21(13-25)28-29-22(20)24(31)27-19-14-26-30(15-19)23(16-5-3-2-4-6-16)17-7-9-34(32,33)10-8-17/h2-6,14-15,17-18,23H,7-13H2,1H3,(H,27,31)(H,28,29). The van der Waals surface area contributed by atoms with Gasteiger partial charge in [-0.2, -0.15) is 10.2 Å². The Morgan fingerprint density at radius 2 is 2.00 bits per heavy atom. The van der Waals surface area contributed by atoms with E-state index in [0.29, 0.717) is 35.6 Å². The summed E-state index contributed by atoms with van der Waals surface area (Å²) in [6.07, 6.45) is 7.78. The first kappa shape index (κ1) is 21.6. The van der Waals surface area contributed by atoms with Gasteiger partial charge in [0, 0.05) is 17.5 Å². The van der Waals surface area contributed by atoms with Crippen LogP contribution in [0.4, 0.5) is 5.69 Å². The van der Waals surface area contributed by atoms with E-state index in [1.807, 2.05) is 29.1 Å². The van der Waals surface area contributed by atoms with Gasteiger partial charge >= 0.3 is 0 Å². The van der Waals surface area contributed by atoms with Crippen molar-refractivity contribution in [3.05, 3.63) is 65.2 Å². The molecule has 3 aliphatic rings. The van der Waals surface area contributed by atoms with E-state index in [1.165, 1.54) is 6.42 Å². The van der Waals surface area contributed by atoms with E-state index in [-0.39, 0.29) is 29.4 Å². The second kappa shape index (κ2) is 7.80. The molecule has 3 atom stereocenters. The number of fused-ring (bicyclic) bond motifs is 2. The van der Waals surface area contributed by atoms with Crippen LogP contribution in [0.3, 0.4) is 0 Å². The number of nitrogens with one attached hydrogen (secondary N) is 2. The number of hydrogen-bond acceptors (Lipinski definition) is 5. The average Bonchev–Trinajstić information content (AvgIpc) is 3.10. The van der Waals surface area contributed by atoms with Gasteiger partial charge in [-0.1, -0.05) is 37.3 Å². The summed E-state index contributed by atoms with van der Waals surface area (Å²) in [5.74, 6) is 0.992. The van der Waals surface area contributed by atoms with Crippen molar-refractivity contribution in [2.24, 2.45) is 17.3 Å². The topological polar surface area (TPSA) is 110 Å². The lowest BCUT2D eigenvalue weighted by atomic mass is 9.87. The molecule has 0 bridgehead atoms. The molecule has 0 radical (unpaired) electrons. The van der Waals surface area contributed by atoms with Crippen LogP contribution in [0.1, 0.15) is 59.5 Å². The van der Waals surface area contributed by atoms with Gasteiger partial charge < -0.3 is 5.32 Å². The van der Waals surface area contributed by atoms with Crippen molar-refractivity contribution >= 4 is 21.4 Å². The maximum absolute atomic E-state index is 13.1. The summed E-state index contributed by atoms with van der Waals surface area (Å²) in [7, 11) is -2.96. The number of rotatable bonds is 5. The fourth-order valence-corrected chi connectivity index (χ4v) is 7.43. The van der Waals surface area contributed by atoms with Gasteiger partial charge in [-0.05, 0) is 54.9 Å². The van der Waals surface area contributed by atoms with Crippen LogP contribution in [0, 0.1) is 17.3 Å². The molecule has 1 saturated carbocycles. The van der Waals surface area contributed by atoms with E-state index >= 15 is 0 Å². The van der Waals surface area contributed by atoms with E-state index in [2.05, 4.69) is 39.7 Å². The Bertz CT molecular complexity index is 1330. The van der Waals surface area contributed by atoms with Crippen molar-refractivity contribution in [2.45, 2.75) is 45.1 Å². The number of H-pyrrole nitrogens is 1. The Labute approximate surface area is 199 Å². The quantitative estimate of drug-likeness (QED) is 0.583. The smallest absolute Gasteiger partial charge is 0.276 e. The second-order valence-electron chi connectivity index (χ2n) is 10.5. The number of benzene rings is 1. The summed E-state index contributed by atoms with van der Waals surface area (Å²) in [5.41, 5.74) is 4.69. The third-order valence-electron chi connectivity index (χ3n) is 8.07. The molecule has 9 heteroatoms. The molecule has 2 aliphatic carbocycles. The normalized spacial score (nSPS) is 26.3. The molecule has 3 heterocycles. The van der Waals surface area contributed by atoms with Crippen LogP contribution in [0.25, 0.3) is 0 Å². The number of amides is 1. The van der Waals surface area contributed by atoms with Crippen molar-refractivity contribution in [1.29, 1.82) is 0 Å². The van der Waals surface area contributed by atoms with Crippen molar-refractivity contribution in [3.63, 3.8) is 0 Å². The number of aromatic nitrogens is 4. The molecular formula is C25H29N5O3S. The lowest BCUT2D eigenvalue weighted by Crippen LogP contribution is -2.30. The Balaban J connectivity index is 1.23. The maximum atomic E-state index is 13.1. The molecule has 2 aromatic heterocycles. The van der Waals surface area contributed by atoms with Crippen LogP contribution in [-0.2, 0) is 22.7 Å². The first-order chi connectivity index (χ1) is 16.3. The average molecular weight is 480 g/mol. The number of sulfone groups is 1. The number of nitrogens with zero attached hydrogens (tertiary/aromatic N) is 3. The molecule has 3 aromatic rings. The van der Waals surface area contributed by atoms with Crippen molar-refractivity contribution in [3.8, 4) is 0 Å². The molecule has 8 nitrogen and oxygen atoms in total. The number of aromatic amines is 1. The van der Waals surface area contributed by atoms with Gasteiger partial charge in [0.2, 0.25) is 0 Å². The molecule has 2 fully saturated rings. The molecule has 1 saturated heterocycles. The molecule has 34 heavy (non-hydrogen) atoms. The first-order valence-electron chi connectivity index (χ1n) is 12.0. The molecule has 178 valence electrons. The molecular weight excluding hydrogens is 450 g/mol. The number of carbonyl (C=O) groups excluding carboxylic acids is 1. The SMILES string of the molecule is CC12Cc3[nH]nc(C(=O)Nc4cnn(C(c5ccccc5)C5CCS(=O)(=O)CC5)c4)c3CC1C2. The van der Waals surface area contributed by atoms with E-state index < -0.39 is 9.84 Å². The van der Waals surface area contributed by atoms with E-state index in [4.69, 9.17) is 0 Å².